The van der Waals surface area contributed by atoms with Crippen molar-refractivity contribution < 1.29 is 28.4 Å². The molecule has 33 heavy (non-hydrogen) atoms. The minimum absolute atomic E-state index is 0.0347. The number of aliphatic hydroxyl groups is 1. The molecule has 0 aromatic rings. The zero-order valence-corrected chi connectivity index (χ0v) is 22.2. The largest absolute Gasteiger partial charge is 0.472 e. The fourth-order valence-corrected chi connectivity index (χ4v) is 4.07. The molecule has 0 aromatic carbocycles. The van der Waals surface area contributed by atoms with E-state index in [2.05, 4.69) is 12.2 Å². The Morgan fingerprint density at radius 3 is 2.06 bits per heavy atom. The second-order valence-electron chi connectivity index (χ2n) is 8.95. The number of allylic oxidation sites excluding steroid dienone is 1. The highest BCUT2D eigenvalue weighted by molar-refractivity contribution is 7.47. The standard InChI is InChI=1S/C24H49N2O6P/c1-5-6-7-8-9-10-11-12-13-14-15-16-17-18-24(28)23(25-22(2)27)21-32-33(29,30)31-20-19-26(3)4/h17-18,23-24,28H,5-16,19-21H2,1-4H3,(H,25,27)(H,29,30)/b18-17+/t23-,24+/m0/s1. The molecule has 196 valence electrons. The summed E-state index contributed by atoms with van der Waals surface area (Å²) in [6.45, 7) is 3.73. The number of phosphoric ester groups is 1. The van der Waals surface area contributed by atoms with E-state index in [0.29, 0.717) is 6.54 Å². The van der Waals surface area contributed by atoms with Crippen LogP contribution in [0.15, 0.2) is 12.2 Å². The van der Waals surface area contributed by atoms with Crippen molar-refractivity contribution in [1.29, 1.82) is 0 Å². The van der Waals surface area contributed by atoms with Gasteiger partial charge in [-0.3, -0.25) is 13.8 Å². The van der Waals surface area contributed by atoms with Crippen LogP contribution in [0.3, 0.4) is 0 Å². The summed E-state index contributed by atoms with van der Waals surface area (Å²) in [4.78, 5) is 23.0. The first-order chi connectivity index (χ1) is 15.7. The van der Waals surface area contributed by atoms with Crippen molar-refractivity contribution in [3.8, 4) is 0 Å². The number of hydrogen-bond acceptors (Lipinski definition) is 6. The summed E-state index contributed by atoms with van der Waals surface area (Å²) in [5.74, 6) is -0.359. The fourth-order valence-electron chi connectivity index (χ4n) is 3.33. The Hall–Kier alpha value is -0.760. The Kier molecular flexibility index (Phi) is 20.1. The average molecular weight is 493 g/mol. The van der Waals surface area contributed by atoms with Gasteiger partial charge in [0.25, 0.3) is 0 Å². The summed E-state index contributed by atoms with van der Waals surface area (Å²) in [7, 11) is -0.623. The van der Waals surface area contributed by atoms with E-state index in [4.69, 9.17) is 9.05 Å². The van der Waals surface area contributed by atoms with Crippen molar-refractivity contribution in [2.75, 3.05) is 33.9 Å². The molecule has 0 radical (unpaired) electrons. The number of unbranched alkanes of at least 4 members (excludes halogenated alkanes) is 11. The number of likely N-dealkylation sites (N-methyl/N-ethyl adjacent to an activating group) is 1. The van der Waals surface area contributed by atoms with E-state index in [1.54, 1.807) is 6.08 Å². The van der Waals surface area contributed by atoms with Crippen molar-refractivity contribution in [1.82, 2.24) is 10.2 Å². The van der Waals surface area contributed by atoms with Gasteiger partial charge in [-0.15, -0.1) is 0 Å². The minimum atomic E-state index is -4.26. The monoisotopic (exact) mass is 492 g/mol. The van der Waals surface area contributed by atoms with E-state index < -0.39 is 20.0 Å². The molecule has 9 heteroatoms. The lowest BCUT2D eigenvalue weighted by Crippen LogP contribution is -2.44. The molecule has 1 amide bonds. The van der Waals surface area contributed by atoms with Gasteiger partial charge in [0.1, 0.15) is 0 Å². The molecule has 3 N–H and O–H groups in total. The summed E-state index contributed by atoms with van der Waals surface area (Å²) < 4.78 is 21.8. The van der Waals surface area contributed by atoms with Crippen LogP contribution in [0.25, 0.3) is 0 Å². The van der Waals surface area contributed by atoms with Crippen LogP contribution in [-0.2, 0) is 18.4 Å². The molecule has 0 fully saturated rings. The Balaban J connectivity index is 4.11. The molecule has 0 saturated heterocycles. The van der Waals surface area contributed by atoms with Crippen LogP contribution >= 0.6 is 7.82 Å². The quantitative estimate of drug-likeness (QED) is 0.113. The zero-order valence-electron chi connectivity index (χ0n) is 21.3. The maximum atomic E-state index is 12.0. The van der Waals surface area contributed by atoms with Crippen molar-refractivity contribution in [3.63, 3.8) is 0 Å². The molecule has 0 rings (SSSR count). The maximum absolute atomic E-state index is 12.0. The molecule has 0 heterocycles. The summed E-state index contributed by atoms with van der Waals surface area (Å²) in [5, 5.41) is 12.9. The van der Waals surface area contributed by atoms with Gasteiger partial charge < -0.3 is 20.2 Å². The molecule has 0 saturated carbocycles. The van der Waals surface area contributed by atoms with Crippen LogP contribution in [-0.4, -0.2) is 66.8 Å². The first-order valence-corrected chi connectivity index (χ1v) is 14.1. The van der Waals surface area contributed by atoms with Crippen molar-refractivity contribution in [3.05, 3.63) is 12.2 Å². The molecule has 0 spiro atoms. The number of aliphatic hydroxyl groups excluding tert-OH is 1. The Morgan fingerprint density at radius 2 is 1.55 bits per heavy atom. The second kappa shape index (κ2) is 20.6. The van der Waals surface area contributed by atoms with Gasteiger partial charge in [-0.1, -0.05) is 83.3 Å². The highest BCUT2D eigenvalue weighted by Crippen LogP contribution is 2.43. The smallest absolute Gasteiger partial charge is 0.387 e. The van der Waals surface area contributed by atoms with E-state index in [1.807, 2.05) is 25.1 Å². The molecule has 8 nitrogen and oxygen atoms in total. The first-order valence-electron chi connectivity index (χ1n) is 12.6. The topological polar surface area (TPSA) is 108 Å². The van der Waals surface area contributed by atoms with Crippen molar-refractivity contribution >= 4 is 13.7 Å². The van der Waals surface area contributed by atoms with E-state index in [0.717, 1.165) is 19.3 Å². The van der Waals surface area contributed by atoms with Gasteiger partial charge in [0.15, 0.2) is 0 Å². The van der Waals surface area contributed by atoms with Crippen molar-refractivity contribution in [2.24, 2.45) is 0 Å². The number of carbonyl (C=O) groups is 1. The predicted octanol–water partition coefficient (Wildman–Crippen LogP) is 4.80. The van der Waals surface area contributed by atoms with Crippen LogP contribution in [0.1, 0.15) is 90.9 Å². The number of hydrogen-bond donors (Lipinski definition) is 3. The fraction of sp³-hybridized carbons (Fsp3) is 0.875. The van der Waals surface area contributed by atoms with Gasteiger partial charge in [-0.05, 0) is 26.9 Å². The lowest BCUT2D eigenvalue weighted by molar-refractivity contribution is -0.120. The number of phosphoric acid groups is 1. The lowest BCUT2D eigenvalue weighted by atomic mass is 10.0. The van der Waals surface area contributed by atoms with E-state index in [-0.39, 0.29) is 19.1 Å². The maximum Gasteiger partial charge on any atom is 0.472 e. The van der Waals surface area contributed by atoms with Crippen molar-refractivity contribution in [2.45, 2.75) is 103 Å². The molecule has 0 aliphatic rings. The first kappa shape index (κ1) is 32.2. The van der Waals surface area contributed by atoms with E-state index in [9.17, 15) is 19.4 Å². The van der Waals surface area contributed by atoms with Crippen LogP contribution in [0, 0.1) is 0 Å². The highest BCUT2D eigenvalue weighted by Gasteiger charge is 2.26. The molecule has 0 aliphatic carbocycles. The average Bonchev–Trinajstić information content (AvgIpc) is 2.73. The third-order valence-corrected chi connectivity index (χ3v) is 6.30. The summed E-state index contributed by atoms with van der Waals surface area (Å²) in [6.07, 6.45) is 17.4. The number of nitrogens with one attached hydrogen (secondary N) is 1. The Labute approximate surface area is 201 Å². The summed E-state index contributed by atoms with van der Waals surface area (Å²) >= 11 is 0. The van der Waals surface area contributed by atoms with E-state index in [1.165, 1.54) is 64.7 Å². The predicted molar refractivity (Wildman–Crippen MR) is 134 cm³/mol. The second-order valence-corrected chi connectivity index (χ2v) is 10.4. The van der Waals surface area contributed by atoms with Crippen LogP contribution in [0.4, 0.5) is 0 Å². The third kappa shape index (κ3) is 21.5. The van der Waals surface area contributed by atoms with Crippen LogP contribution in [0.5, 0.6) is 0 Å². The third-order valence-electron chi connectivity index (χ3n) is 5.32. The van der Waals surface area contributed by atoms with Gasteiger partial charge in [-0.2, -0.15) is 0 Å². The minimum Gasteiger partial charge on any atom is -0.387 e. The van der Waals surface area contributed by atoms with Crippen LogP contribution in [0.2, 0.25) is 0 Å². The van der Waals surface area contributed by atoms with Gasteiger partial charge in [0, 0.05) is 13.5 Å². The molecule has 3 atom stereocenters. The lowest BCUT2D eigenvalue weighted by Gasteiger charge is -2.22. The van der Waals surface area contributed by atoms with Crippen LogP contribution < -0.4 is 5.32 Å². The number of amides is 1. The number of rotatable bonds is 22. The van der Waals surface area contributed by atoms with E-state index >= 15 is 0 Å². The molecular formula is C24H49N2O6P. The molecule has 0 bridgehead atoms. The molecule has 0 aliphatic heterocycles. The van der Waals surface area contributed by atoms with Gasteiger partial charge >= 0.3 is 7.82 Å². The summed E-state index contributed by atoms with van der Waals surface area (Å²) in [5.41, 5.74) is 0. The zero-order chi connectivity index (χ0) is 25.0. The Morgan fingerprint density at radius 1 is 1.00 bits per heavy atom. The molecule has 0 aromatic heterocycles. The highest BCUT2D eigenvalue weighted by atomic mass is 31.2. The van der Waals surface area contributed by atoms with Gasteiger partial charge in [-0.25, -0.2) is 4.57 Å². The number of nitrogens with zero attached hydrogens (tertiary/aromatic N) is 1. The SMILES string of the molecule is CCCCCCCCCCCCC/C=C/[C@@H](O)[C@H](COP(=O)(O)OCCN(C)C)NC(C)=O. The molecule has 1 unspecified atom stereocenters. The molecular weight excluding hydrogens is 443 g/mol. The normalized spacial score (nSPS) is 15.6. The van der Waals surface area contributed by atoms with Gasteiger partial charge in [0.05, 0.1) is 25.4 Å². The Bertz CT molecular complexity index is 559. The summed E-state index contributed by atoms with van der Waals surface area (Å²) in [6, 6.07) is -0.839. The number of carbonyl (C=O) groups excluding carboxylic acids is 1. The van der Waals surface area contributed by atoms with Gasteiger partial charge in [0.2, 0.25) is 5.91 Å².